The zero-order chi connectivity index (χ0) is 34.1. The number of nitrogens with zero attached hydrogens (tertiary/aromatic N) is 2. The first-order valence-electron chi connectivity index (χ1n) is 15.5. The van der Waals surface area contributed by atoms with E-state index in [1.165, 1.54) is 24.1 Å². The number of carbonyl (C=O) groups is 2. The van der Waals surface area contributed by atoms with Crippen molar-refractivity contribution in [1.82, 2.24) is 10.2 Å². The number of anilines is 1. The molecule has 0 aliphatic rings. The molecule has 0 bridgehead atoms. The van der Waals surface area contributed by atoms with Gasteiger partial charge in [0.2, 0.25) is 11.8 Å². The molecule has 0 aliphatic heterocycles. The lowest BCUT2D eigenvalue weighted by atomic mass is 10.0. The minimum atomic E-state index is -4.25. The minimum absolute atomic E-state index is 0.0147. The summed E-state index contributed by atoms with van der Waals surface area (Å²) in [5, 5.41) is 3.02. The second kappa shape index (κ2) is 16.1. The molecule has 1 unspecified atom stereocenters. The van der Waals surface area contributed by atoms with E-state index in [9.17, 15) is 18.0 Å². The van der Waals surface area contributed by atoms with Crippen LogP contribution in [0.25, 0.3) is 0 Å². The van der Waals surface area contributed by atoms with Crippen molar-refractivity contribution in [3.05, 3.63) is 124 Å². The highest BCUT2D eigenvalue weighted by Crippen LogP contribution is 2.31. The van der Waals surface area contributed by atoms with Crippen molar-refractivity contribution >= 4 is 43.5 Å². The predicted molar refractivity (Wildman–Crippen MR) is 190 cm³/mol. The summed E-state index contributed by atoms with van der Waals surface area (Å²) >= 11 is 3.39. The van der Waals surface area contributed by atoms with E-state index in [1.807, 2.05) is 82.3 Å². The highest BCUT2D eigenvalue weighted by molar-refractivity contribution is 9.10. The molecule has 4 aromatic rings. The molecule has 0 saturated carbocycles. The Morgan fingerprint density at radius 2 is 1.47 bits per heavy atom. The van der Waals surface area contributed by atoms with Crippen LogP contribution in [0, 0.1) is 19.8 Å². The van der Waals surface area contributed by atoms with Gasteiger partial charge in [0, 0.05) is 19.5 Å². The smallest absolute Gasteiger partial charge is 0.264 e. The van der Waals surface area contributed by atoms with Gasteiger partial charge < -0.3 is 15.0 Å². The fraction of sp³-hybridized carbons (Fsp3) is 0.297. The number of halogens is 1. The molecular weight excluding hydrogens is 678 g/mol. The van der Waals surface area contributed by atoms with Crippen LogP contribution in [0.2, 0.25) is 0 Å². The zero-order valence-corrected chi connectivity index (χ0v) is 29.8. The van der Waals surface area contributed by atoms with E-state index < -0.39 is 28.5 Å². The normalized spacial score (nSPS) is 12.0. The highest BCUT2D eigenvalue weighted by atomic mass is 79.9. The highest BCUT2D eigenvalue weighted by Gasteiger charge is 2.35. The third kappa shape index (κ3) is 9.45. The lowest BCUT2D eigenvalue weighted by Gasteiger charge is -2.34. The molecule has 0 spiro atoms. The van der Waals surface area contributed by atoms with Gasteiger partial charge in [0.15, 0.2) is 0 Å². The van der Waals surface area contributed by atoms with E-state index in [4.69, 9.17) is 4.74 Å². The van der Waals surface area contributed by atoms with Crippen LogP contribution in [0.15, 0.2) is 106 Å². The molecule has 8 nitrogen and oxygen atoms in total. The number of benzene rings is 4. The molecule has 248 valence electrons. The van der Waals surface area contributed by atoms with Gasteiger partial charge in [0.25, 0.3) is 10.0 Å². The first-order valence-corrected chi connectivity index (χ1v) is 17.7. The number of hydrogen-bond acceptors (Lipinski definition) is 5. The maximum atomic E-state index is 14.6. The van der Waals surface area contributed by atoms with Crippen LogP contribution in [-0.4, -0.2) is 51.4 Å². The van der Waals surface area contributed by atoms with E-state index in [1.54, 1.807) is 30.3 Å². The van der Waals surface area contributed by atoms with Crippen LogP contribution < -0.4 is 14.4 Å². The number of hydrogen-bond donors (Lipinski definition) is 1. The van der Waals surface area contributed by atoms with Gasteiger partial charge in [-0.05, 0) is 77.2 Å². The summed E-state index contributed by atoms with van der Waals surface area (Å²) in [7, 11) is -2.75. The fourth-order valence-corrected chi connectivity index (χ4v) is 7.17. The van der Waals surface area contributed by atoms with Crippen LogP contribution >= 0.6 is 15.9 Å². The number of aryl methyl sites for hydroxylation is 2. The van der Waals surface area contributed by atoms with Crippen molar-refractivity contribution in [2.24, 2.45) is 5.92 Å². The molecule has 0 aliphatic carbocycles. The molecule has 1 atom stereocenters. The van der Waals surface area contributed by atoms with Gasteiger partial charge in [-0.2, -0.15) is 0 Å². The van der Waals surface area contributed by atoms with Gasteiger partial charge in [0.05, 0.1) is 22.2 Å². The van der Waals surface area contributed by atoms with E-state index in [2.05, 4.69) is 21.2 Å². The Hall–Kier alpha value is -4.15. The Labute approximate surface area is 286 Å². The SMILES string of the molecule is COc1ccc(S(=O)(=O)N(CC(=O)N(Cc2ccc(C)cc2)C(Cc2ccccc2)C(=O)NCC(C)C)c2ccc(C)cc2)cc1Br. The van der Waals surface area contributed by atoms with Gasteiger partial charge in [-0.3, -0.25) is 13.9 Å². The Morgan fingerprint density at radius 1 is 0.851 bits per heavy atom. The molecule has 0 fully saturated rings. The molecule has 2 amide bonds. The Kier molecular flexibility index (Phi) is 12.2. The van der Waals surface area contributed by atoms with Crippen LogP contribution in [0.1, 0.15) is 36.1 Å². The largest absolute Gasteiger partial charge is 0.496 e. The van der Waals surface area contributed by atoms with Gasteiger partial charge in [-0.25, -0.2) is 8.42 Å². The zero-order valence-electron chi connectivity index (χ0n) is 27.4. The number of methoxy groups -OCH3 is 1. The van der Waals surface area contributed by atoms with Crippen LogP contribution in [-0.2, 0) is 32.6 Å². The summed E-state index contributed by atoms with van der Waals surface area (Å²) in [6, 6.07) is 27.8. The van der Waals surface area contributed by atoms with Crippen molar-refractivity contribution in [3.8, 4) is 5.75 Å². The van der Waals surface area contributed by atoms with Crippen LogP contribution in [0.4, 0.5) is 5.69 Å². The molecule has 4 aromatic carbocycles. The molecule has 0 radical (unpaired) electrons. The second-order valence-corrected chi connectivity index (χ2v) is 14.7. The summed E-state index contributed by atoms with van der Waals surface area (Å²) in [6.07, 6.45) is 0.255. The molecular formula is C37H42BrN3O5S. The van der Waals surface area contributed by atoms with E-state index in [0.717, 1.165) is 26.6 Å². The lowest BCUT2D eigenvalue weighted by molar-refractivity contribution is -0.140. The molecule has 0 aromatic heterocycles. The van der Waals surface area contributed by atoms with Crippen LogP contribution in [0.3, 0.4) is 0 Å². The third-order valence-electron chi connectivity index (χ3n) is 7.74. The maximum absolute atomic E-state index is 14.6. The Bertz CT molecular complexity index is 1760. The van der Waals surface area contributed by atoms with Gasteiger partial charge in [-0.15, -0.1) is 0 Å². The van der Waals surface area contributed by atoms with Crippen molar-refractivity contribution < 1.29 is 22.7 Å². The standard InChI is InChI=1S/C37H42BrN3O5S/c1-26(2)23-39-37(43)34(21-29-9-7-6-8-10-29)40(24-30-15-11-27(3)12-16-30)36(42)25-41(31-17-13-28(4)14-18-31)47(44,45)32-19-20-35(46-5)33(38)22-32/h6-20,22,26,34H,21,23-25H2,1-5H3,(H,39,43). The molecule has 10 heteroatoms. The van der Waals surface area contributed by atoms with E-state index in [-0.39, 0.29) is 29.7 Å². The number of ether oxygens (including phenoxy) is 1. The summed E-state index contributed by atoms with van der Waals surface area (Å²) in [5.74, 6) is -0.138. The first-order chi connectivity index (χ1) is 22.4. The van der Waals surface area contributed by atoms with Crippen molar-refractivity contribution in [1.29, 1.82) is 0 Å². The Morgan fingerprint density at radius 3 is 2.04 bits per heavy atom. The molecule has 4 rings (SSSR count). The molecule has 0 heterocycles. The van der Waals surface area contributed by atoms with Crippen molar-refractivity contribution in [2.75, 3.05) is 24.5 Å². The monoisotopic (exact) mass is 719 g/mol. The van der Waals surface area contributed by atoms with Crippen molar-refractivity contribution in [2.45, 2.75) is 51.6 Å². The molecule has 0 saturated heterocycles. The third-order valence-corrected chi connectivity index (χ3v) is 10.1. The number of carbonyl (C=O) groups excluding carboxylic acids is 2. The number of amides is 2. The summed E-state index contributed by atoms with van der Waals surface area (Å²) < 4.78 is 35.5. The summed E-state index contributed by atoms with van der Waals surface area (Å²) in [5.41, 5.74) is 4.03. The minimum Gasteiger partial charge on any atom is -0.496 e. The lowest BCUT2D eigenvalue weighted by Crippen LogP contribution is -2.53. The maximum Gasteiger partial charge on any atom is 0.264 e. The number of nitrogens with one attached hydrogen (secondary N) is 1. The summed E-state index contributed by atoms with van der Waals surface area (Å²) in [4.78, 5) is 30.0. The average Bonchev–Trinajstić information content (AvgIpc) is 3.05. The Balaban J connectivity index is 1.80. The quantitative estimate of drug-likeness (QED) is 0.157. The van der Waals surface area contributed by atoms with Gasteiger partial charge >= 0.3 is 0 Å². The molecule has 1 N–H and O–H groups in total. The average molecular weight is 721 g/mol. The van der Waals surface area contributed by atoms with E-state index in [0.29, 0.717) is 22.5 Å². The van der Waals surface area contributed by atoms with E-state index >= 15 is 0 Å². The van der Waals surface area contributed by atoms with Crippen molar-refractivity contribution in [3.63, 3.8) is 0 Å². The fourth-order valence-electron chi connectivity index (χ4n) is 5.04. The predicted octanol–water partition coefficient (Wildman–Crippen LogP) is 6.68. The summed E-state index contributed by atoms with van der Waals surface area (Å²) in [6.45, 7) is 7.92. The first kappa shape index (κ1) is 35.7. The topological polar surface area (TPSA) is 96.0 Å². The van der Waals surface area contributed by atoms with Crippen LogP contribution in [0.5, 0.6) is 5.75 Å². The van der Waals surface area contributed by atoms with Gasteiger partial charge in [0.1, 0.15) is 18.3 Å². The second-order valence-electron chi connectivity index (χ2n) is 12.0. The number of sulfonamides is 1. The molecule has 47 heavy (non-hydrogen) atoms. The number of rotatable bonds is 14. The van der Waals surface area contributed by atoms with Gasteiger partial charge in [-0.1, -0.05) is 91.7 Å².